The fraction of sp³-hybridized carbons (Fsp3) is 0.571. The van der Waals surface area contributed by atoms with Gasteiger partial charge in [0.25, 0.3) is 0 Å². The van der Waals surface area contributed by atoms with Gasteiger partial charge in [0.1, 0.15) is 30.9 Å². The Bertz CT molecular complexity index is 786. The van der Waals surface area contributed by atoms with Gasteiger partial charge in [-0.25, -0.2) is 4.79 Å². The summed E-state index contributed by atoms with van der Waals surface area (Å²) < 4.78 is 18.8. The minimum atomic E-state index is -2.64. The number of aromatic nitrogens is 2. The van der Waals surface area contributed by atoms with Crippen LogP contribution in [0.1, 0.15) is 20.4 Å². The molecule has 1 aliphatic heterocycles. The van der Waals surface area contributed by atoms with Gasteiger partial charge in [-0.1, -0.05) is 0 Å². The minimum absolute atomic E-state index is 0.171. The predicted octanol–water partition coefficient (Wildman–Crippen LogP) is -2.60. The normalized spacial score (nSPS) is 29.0. The van der Waals surface area contributed by atoms with E-state index in [1.54, 1.807) is 5.48 Å². The van der Waals surface area contributed by atoms with Crippen molar-refractivity contribution in [2.24, 2.45) is 5.73 Å². The molecular weight excluding hydrogens is 368 g/mol. The fourth-order valence-corrected chi connectivity index (χ4v) is 2.32. The van der Waals surface area contributed by atoms with Gasteiger partial charge in [-0.15, -0.1) is 0 Å². The number of nitrogens with one attached hydrogen (secondary N) is 1. The Labute approximate surface area is 153 Å². The highest BCUT2D eigenvalue weighted by molar-refractivity contribution is 5.76. The zero-order valence-corrected chi connectivity index (χ0v) is 13.9. The van der Waals surface area contributed by atoms with Crippen molar-refractivity contribution >= 4 is 17.8 Å². The lowest BCUT2D eigenvalue weighted by atomic mass is 10.1. The van der Waals surface area contributed by atoms with Crippen LogP contribution in [0.25, 0.3) is 0 Å². The number of aliphatic hydroxyl groups is 2. The van der Waals surface area contributed by atoms with Gasteiger partial charge in [-0.05, 0) is 12.5 Å². The molecule has 13 nitrogen and oxygen atoms in total. The van der Waals surface area contributed by atoms with Crippen LogP contribution >= 0.6 is 0 Å². The number of aliphatic hydroxyl groups excluding tert-OH is 1. The van der Waals surface area contributed by atoms with E-state index < -0.39 is 54.8 Å². The molecule has 2 heterocycles. The lowest BCUT2D eigenvalue weighted by Gasteiger charge is -2.17. The Balaban J connectivity index is 2.05. The highest BCUT2D eigenvalue weighted by Crippen LogP contribution is 2.28. The number of aliphatic carboxylic acids is 1. The molecule has 1 aliphatic rings. The van der Waals surface area contributed by atoms with Crippen molar-refractivity contribution in [2.75, 3.05) is 12.1 Å². The van der Waals surface area contributed by atoms with Crippen LogP contribution in [0.15, 0.2) is 17.1 Å². The second kappa shape index (κ2) is 8.88. The molecule has 0 saturated carbocycles. The highest BCUT2D eigenvalue weighted by atomic mass is 16.6. The van der Waals surface area contributed by atoms with Crippen molar-refractivity contribution in [3.63, 3.8) is 0 Å². The average Bonchev–Trinajstić information content (AvgIpc) is 2.87. The van der Waals surface area contributed by atoms with E-state index in [1.165, 1.54) is 6.07 Å². The molecule has 0 bridgehead atoms. The minimum Gasteiger partial charge on any atom is -0.481 e. The number of carbonyl (C=O) groups excluding carboxylic acids is 1. The number of carboxylic acids is 1. The first-order valence-electron chi connectivity index (χ1n) is 8.27. The molecule has 27 heavy (non-hydrogen) atoms. The summed E-state index contributed by atoms with van der Waals surface area (Å²) in [6, 6.07) is -0.0580. The average molecular weight is 389 g/mol. The lowest BCUT2D eigenvalue weighted by Crippen LogP contribution is -2.38. The van der Waals surface area contributed by atoms with E-state index in [0.717, 1.165) is 10.8 Å². The molecule has 2 rings (SSSR count). The molecule has 0 amide bonds. The number of hydrogen-bond acceptors (Lipinski definition) is 11. The van der Waals surface area contributed by atoms with Crippen LogP contribution in [-0.2, 0) is 19.1 Å². The summed E-state index contributed by atoms with van der Waals surface area (Å²) in [5, 5.41) is 37.6. The van der Waals surface area contributed by atoms with Crippen molar-refractivity contribution < 1.29 is 41.0 Å². The molecule has 1 aromatic rings. The molecular formula is C14H20N4O9. The smallest absolute Gasteiger partial charge is 0.351 e. The number of esters is 1. The number of carbonyl (C=O) groups is 2. The highest BCUT2D eigenvalue weighted by Gasteiger charge is 2.44. The molecule has 0 radical (unpaired) electrons. The molecule has 0 spiro atoms. The van der Waals surface area contributed by atoms with Gasteiger partial charge in [0.2, 0.25) is 0 Å². The van der Waals surface area contributed by atoms with Crippen molar-refractivity contribution in [3.8, 4) is 0 Å². The third-order valence-electron chi connectivity index (χ3n) is 3.77. The number of ether oxygens (including phenoxy) is 2. The Kier molecular flexibility index (Phi) is 6.31. The van der Waals surface area contributed by atoms with E-state index in [1.807, 2.05) is 0 Å². The molecule has 0 aromatic carbocycles. The summed E-state index contributed by atoms with van der Waals surface area (Å²) in [5.74, 6) is -2.29. The number of nitrogens with zero attached hydrogens (tertiary/aromatic N) is 2. The Morgan fingerprint density at radius 2 is 2.22 bits per heavy atom. The third kappa shape index (κ3) is 4.99. The lowest BCUT2D eigenvalue weighted by molar-refractivity contribution is -0.152. The zero-order chi connectivity index (χ0) is 21.1. The molecule has 1 aromatic heterocycles. The molecule has 13 heteroatoms. The van der Waals surface area contributed by atoms with Crippen molar-refractivity contribution in [3.05, 3.63) is 22.7 Å². The Morgan fingerprint density at radius 3 is 2.81 bits per heavy atom. The second-order valence-electron chi connectivity index (χ2n) is 5.67. The van der Waals surface area contributed by atoms with E-state index in [4.69, 9.17) is 26.9 Å². The van der Waals surface area contributed by atoms with Crippen LogP contribution in [0.5, 0.6) is 0 Å². The van der Waals surface area contributed by atoms with Gasteiger partial charge in [-0.2, -0.15) is 4.98 Å². The number of carboxylic acid groups (broad SMARTS) is 1. The topological polar surface area (TPSA) is 206 Å². The predicted molar refractivity (Wildman–Crippen MR) is 85.6 cm³/mol. The van der Waals surface area contributed by atoms with Crippen LogP contribution in [0.3, 0.4) is 0 Å². The molecule has 150 valence electrons. The van der Waals surface area contributed by atoms with Gasteiger partial charge in [0.05, 0.1) is 1.37 Å². The van der Waals surface area contributed by atoms with E-state index >= 15 is 0 Å². The van der Waals surface area contributed by atoms with Crippen LogP contribution in [0, 0.1) is 0 Å². The zero-order valence-electron chi connectivity index (χ0n) is 14.9. The van der Waals surface area contributed by atoms with Gasteiger partial charge in [0, 0.05) is 12.6 Å². The van der Waals surface area contributed by atoms with Crippen LogP contribution in [0.2, 0.25) is 0 Å². The molecule has 1 unspecified atom stereocenters. The largest absolute Gasteiger partial charge is 0.481 e. The van der Waals surface area contributed by atoms with Gasteiger partial charge in [0.15, 0.2) is 12.0 Å². The van der Waals surface area contributed by atoms with Crippen LogP contribution in [0.4, 0.5) is 5.82 Å². The summed E-state index contributed by atoms with van der Waals surface area (Å²) in [5.41, 5.74) is 6.20. The van der Waals surface area contributed by atoms with Gasteiger partial charge in [-0.3, -0.25) is 24.8 Å². The SMILES string of the molecule is [2H][C@]1(O)C(O)[C@H](n2ccc(NO)nc2=O)O[C@@H]1COC(=O)[C@@H](N)CCC(=O)O. The molecule has 1 fully saturated rings. The first-order valence-corrected chi connectivity index (χ1v) is 7.77. The monoisotopic (exact) mass is 389 g/mol. The Morgan fingerprint density at radius 1 is 1.52 bits per heavy atom. The van der Waals surface area contributed by atoms with Gasteiger partial charge < -0.3 is 30.5 Å². The fourth-order valence-electron chi connectivity index (χ4n) is 2.32. The van der Waals surface area contributed by atoms with Gasteiger partial charge >= 0.3 is 17.6 Å². The summed E-state index contributed by atoms with van der Waals surface area (Å²) >= 11 is 0. The molecule has 1 saturated heterocycles. The van der Waals surface area contributed by atoms with Crippen LogP contribution in [-0.4, -0.2) is 73.0 Å². The van der Waals surface area contributed by atoms with Crippen LogP contribution < -0.4 is 16.9 Å². The first-order chi connectivity index (χ1) is 13.1. The second-order valence-corrected chi connectivity index (χ2v) is 5.67. The number of nitrogens with two attached hydrogens (primary N) is 1. The maximum absolute atomic E-state index is 11.9. The standard InChI is InChI=1S/C14H20N4O9/c15-6(1-2-9(19)20)13(23)26-5-7-10(21)11(22)12(27-7)18-4-3-8(17-25)16-14(18)24/h3-4,6-7,10-12,21-22,25H,1-2,5,15H2,(H,19,20)(H,16,17,24)/t6-,7+,10+,11?,12+/m0/s1/i10D. The number of hydrogen-bond donors (Lipinski definition) is 6. The van der Waals surface area contributed by atoms with Crippen molar-refractivity contribution in [1.29, 1.82) is 0 Å². The number of rotatable bonds is 8. The van der Waals surface area contributed by atoms with Crippen molar-refractivity contribution in [1.82, 2.24) is 9.55 Å². The van der Waals surface area contributed by atoms with Crippen molar-refractivity contribution in [2.45, 2.75) is 43.4 Å². The quantitative estimate of drug-likeness (QED) is 0.200. The summed E-state index contributed by atoms with van der Waals surface area (Å²) in [6.07, 6.45) is -7.01. The maximum atomic E-state index is 11.9. The van der Waals surface area contributed by atoms with E-state index in [9.17, 15) is 24.6 Å². The molecule has 7 N–H and O–H groups in total. The number of anilines is 1. The summed E-state index contributed by atoms with van der Waals surface area (Å²) in [4.78, 5) is 37.7. The Hall–Kier alpha value is -2.58. The third-order valence-corrected chi connectivity index (χ3v) is 3.77. The van der Waals surface area contributed by atoms with E-state index in [0.29, 0.717) is 0 Å². The molecule has 0 aliphatic carbocycles. The summed E-state index contributed by atoms with van der Waals surface area (Å²) in [7, 11) is 0. The molecule has 5 atom stereocenters. The van der Waals surface area contributed by atoms with E-state index in [-0.39, 0.29) is 18.7 Å². The first kappa shape index (κ1) is 19.2. The van der Waals surface area contributed by atoms with E-state index in [2.05, 4.69) is 4.98 Å². The maximum Gasteiger partial charge on any atom is 0.351 e. The summed E-state index contributed by atoms with van der Waals surface area (Å²) in [6.45, 7) is -0.675.